The van der Waals surface area contributed by atoms with Crippen LogP contribution in [-0.2, 0) is 12.5 Å². The maximum Gasteiger partial charge on any atom is 0.114 e. The summed E-state index contributed by atoms with van der Waals surface area (Å²) in [6.07, 6.45) is 7.64. The van der Waals surface area contributed by atoms with E-state index in [1.807, 2.05) is 12.4 Å². The Morgan fingerprint density at radius 3 is 2.93 bits per heavy atom. The summed E-state index contributed by atoms with van der Waals surface area (Å²) in [6, 6.07) is 0.664. The Morgan fingerprint density at radius 1 is 1.64 bits per heavy atom. The SMILES string of the molecule is CNC1CCC(C)(c2nccn2C)C1. The highest BCUT2D eigenvalue weighted by atomic mass is 15.1. The second-order valence-corrected chi connectivity index (χ2v) is 4.65. The van der Waals surface area contributed by atoms with Gasteiger partial charge in [-0.05, 0) is 26.3 Å². The summed E-state index contributed by atoms with van der Waals surface area (Å²) < 4.78 is 2.15. The molecule has 0 saturated heterocycles. The van der Waals surface area contributed by atoms with Gasteiger partial charge in [0.2, 0.25) is 0 Å². The van der Waals surface area contributed by atoms with Gasteiger partial charge in [-0.25, -0.2) is 4.98 Å². The number of nitrogens with one attached hydrogen (secondary N) is 1. The van der Waals surface area contributed by atoms with Crippen molar-refractivity contribution in [2.75, 3.05) is 7.05 Å². The summed E-state index contributed by atoms with van der Waals surface area (Å²) in [6.45, 7) is 2.33. The zero-order valence-electron chi connectivity index (χ0n) is 9.25. The van der Waals surface area contributed by atoms with Crippen LogP contribution in [0.2, 0.25) is 0 Å². The molecule has 14 heavy (non-hydrogen) atoms. The van der Waals surface area contributed by atoms with E-state index < -0.39 is 0 Å². The smallest absolute Gasteiger partial charge is 0.114 e. The molecule has 0 spiro atoms. The van der Waals surface area contributed by atoms with Crippen LogP contribution in [0, 0.1) is 0 Å². The van der Waals surface area contributed by atoms with Crippen LogP contribution in [0.4, 0.5) is 0 Å². The molecule has 3 nitrogen and oxygen atoms in total. The first-order valence-electron chi connectivity index (χ1n) is 5.31. The molecule has 2 unspecified atom stereocenters. The third kappa shape index (κ3) is 1.46. The van der Waals surface area contributed by atoms with Crippen LogP contribution in [0.1, 0.15) is 32.0 Å². The number of aromatic nitrogens is 2. The summed E-state index contributed by atoms with van der Waals surface area (Å²) in [7, 11) is 4.13. The van der Waals surface area contributed by atoms with Gasteiger partial charge >= 0.3 is 0 Å². The number of aryl methyl sites for hydroxylation is 1. The van der Waals surface area contributed by atoms with Gasteiger partial charge in [0.1, 0.15) is 5.82 Å². The van der Waals surface area contributed by atoms with Crippen molar-refractivity contribution < 1.29 is 0 Å². The minimum absolute atomic E-state index is 0.270. The van der Waals surface area contributed by atoms with E-state index in [-0.39, 0.29) is 5.41 Å². The van der Waals surface area contributed by atoms with E-state index in [1.54, 1.807) is 0 Å². The Bertz CT molecular complexity index is 318. The van der Waals surface area contributed by atoms with Crippen molar-refractivity contribution in [3.63, 3.8) is 0 Å². The Kier molecular flexibility index (Phi) is 2.35. The van der Waals surface area contributed by atoms with Crippen molar-refractivity contribution in [1.29, 1.82) is 0 Å². The molecule has 0 aromatic carbocycles. The van der Waals surface area contributed by atoms with Crippen molar-refractivity contribution in [3.05, 3.63) is 18.2 Å². The van der Waals surface area contributed by atoms with E-state index >= 15 is 0 Å². The van der Waals surface area contributed by atoms with Crippen LogP contribution < -0.4 is 5.32 Å². The van der Waals surface area contributed by atoms with E-state index in [2.05, 4.69) is 35.9 Å². The average Bonchev–Trinajstić information content (AvgIpc) is 2.73. The number of hydrogen-bond donors (Lipinski definition) is 1. The van der Waals surface area contributed by atoms with Crippen LogP contribution in [0.3, 0.4) is 0 Å². The molecule has 0 amide bonds. The molecule has 2 rings (SSSR count). The van der Waals surface area contributed by atoms with Crippen molar-refractivity contribution in [2.24, 2.45) is 7.05 Å². The quantitative estimate of drug-likeness (QED) is 0.770. The molecule has 0 aliphatic heterocycles. The largest absolute Gasteiger partial charge is 0.338 e. The van der Waals surface area contributed by atoms with Gasteiger partial charge in [-0.2, -0.15) is 0 Å². The van der Waals surface area contributed by atoms with Crippen LogP contribution in [0.15, 0.2) is 12.4 Å². The molecule has 1 heterocycles. The first-order valence-corrected chi connectivity index (χ1v) is 5.31. The lowest BCUT2D eigenvalue weighted by Gasteiger charge is -2.23. The summed E-state index contributed by atoms with van der Waals surface area (Å²) in [5, 5.41) is 3.36. The van der Waals surface area contributed by atoms with Gasteiger partial charge < -0.3 is 9.88 Å². The number of rotatable bonds is 2. The average molecular weight is 193 g/mol. The summed E-state index contributed by atoms with van der Waals surface area (Å²) in [5.41, 5.74) is 0.270. The Balaban J connectivity index is 2.22. The topological polar surface area (TPSA) is 29.9 Å². The molecule has 2 atom stereocenters. The fraction of sp³-hybridized carbons (Fsp3) is 0.727. The number of imidazole rings is 1. The van der Waals surface area contributed by atoms with E-state index in [4.69, 9.17) is 0 Å². The summed E-state index contributed by atoms with van der Waals surface area (Å²) in [5.74, 6) is 1.23. The minimum Gasteiger partial charge on any atom is -0.338 e. The van der Waals surface area contributed by atoms with Crippen LogP contribution in [0.25, 0.3) is 0 Å². The second kappa shape index (κ2) is 3.39. The van der Waals surface area contributed by atoms with Gasteiger partial charge in [0.15, 0.2) is 0 Å². The normalized spacial score (nSPS) is 32.4. The molecular weight excluding hydrogens is 174 g/mol. The molecule has 0 radical (unpaired) electrons. The van der Waals surface area contributed by atoms with Crippen molar-refractivity contribution in [1.82, 2.24) is 14.9 Å². The lowest BCUT2D eigenvalue weighted by Crippen LogP contribution is -2.27. The third-order valence-electron chi connectivity index (χ3n) is 3.51. The minimum atomic E-state index is 0.270. The van der Waals surface area contributed by atoms with Gasteiger partial charge in [-0.3, -0.25) is 0 Å². The molecule has 0 bridgehead atoms. The predicted molar refractivity (Wildman–Crippen MR) is 57.3 cm³/mol. The zero-order chi connectivity index (χ0) is 10.2. The summed E-state index contributed by atoms with van der Waals surface area (Å²) >= 11 is 0. The van der Waals surface area contributed by atoms with E-state index in [1.165, 1.54) is 25.1 Å². The van der Waals surface area contributed by atoms with Gasteiger partial charge in [0.05, 0.1) is 0 Å². The van der Waals surface area contributed by atoms with Crippen LogP contribution in [0.5, 0.6) is 0 Å². The molecule has 1 aromatic heterocycles. The molecule has 1 fully saturated rings. The number of hydrogen-bond acceptors (Lipinski definition) is 2. The first kappa shape index (κ1) is 9.71. The lowest BCUT2D eigenvalue weighted by atomic mass is 9.87. The van der Waals surface area contributed by atoms with Gasteiger partial charge in [0, 0.05) is 30.9 Å². The zero-order valence-corrected chi connectivity index (χ0v) is 9.25. The summed E-state index contributed by atoms with van der Waals surface area (Å²) in [4.78, 5) is 4.47. The second-order valence-electron chi connectivity index (χ2n) is 4.65. The lowest BCUT2D eigenvalue weighted by molar-refractivity contribution is 0.427. The molecule has 1 N–H and O–H groups in total. The van der Waals surface area contributed by atoms with E-state index in [0.29, 0.717) is 6.04 Å². The predicted octanol–water partition coefficient (Wildman–Crippen LogP) is 1.45. The maximum absolute atomic E-state index is 4.47. The van der Waals surface area contributed by atoms with Crippen molar-refractivity contribution in [2.45, 2.75) is 37.6 Å². The standard InChI is InChI=1S/C11H19N3/c1-11(5-4-9(8-11)12-2)10-13-6-7-14(10)3/h6-7,9,12H,4-5,8H2,1-3H3. The van der Waals surface area contributed by atoms with Crippen molar-refractivity contribution >= 4 is 0 Å². The molecule has 1 saturated carbocycles. The molecular formula is C11H19N3. The van der Waals surface area contributed by atoms with E-state index in [0.717, 1.165) is 0 Å². The molecule has 1 aliphatic carbocycles. The van der Waals surface area contributed by atoms with Gasteiger partial charge in [-0.1, -0.05) is 6.92 Å². The van der Waals surface area contributed by atoms with Crippen LogP contribution in [-0.4, -0.2) is 22.6 Å². The van der Waals surface area contributed by atoms with Crippen LogP contribution >= 0.6 is 0 Å². The third-order valence-corrected chi connectivity index (χ3v) is 3.51. The highest BCUT2D eigenvalue weighted by Gasteiger charge is 2.38. The first-order chi connectivity index (χ1) is 6.65. The fourth-order valence-electron chi connectivity index (χ4n) is 2.64. The van der Waals surface area contributed by atoms with Crippen molar-refractivity contribution in [3.8, 4) is 0 Å². The Morgan fingerprint density at radius 2 is 2.43 bits per heavy atom. The monoisotopic (exact) mass is 193 g/mol. The fourth-order valence-corrected chi connectivity index (χ4v) is 2.64. The Hall–Kier alpha value is -0.830. The van der Waals surface area contributed by atoms with Gasteiger partial charge in [0.25, 0.3) is 0 Å². The van der Waals surface area contributed by atoms with Gasteiger partial charge in [-0.15, -0.1) is 0 Å². The highest BCUT2D eigenvalue weighted by Crippen LogP contribution is 2.39. The Labute approximate surface area is 85.5 Å². The molecule has 1 aliphatic rings. The molecule has 78 valence electrons. The molecule has 1 aromatic rings. The molecule has 3 heteroatoms. The highest BCUT2D eigenvalue weighted by molar-refractivity contribution is 5.12. The number of nitrogens with zero attached hydrogens (tertiary/aromatic N) is 2. The van der Waals surface area contributed by atoms with E-state index in [9.17, 15) is 0 Å². The maximum atomic E-state index is 4.47.